The van der Waals surface area contributed by atoms with Gasteiger partial charge in [0.1, 0.15) is 36.1 Å². The van der Waals surface area contributed by atoms with E-state index >= 15 is 0 Å². The quantitative estimate of drug-likeness (QED) is 0.598. The summed E-state index contributed by atoms with van der Waals surface area (Å²) in [6, 6.07) is 17.5. The molecule has 134 valence electrons. The summed E-state index contributed by atoms with van der Waals surface area (Å²) in [4.78, 5) is 8.48. The van der Waals surface area contributed by atoms with Crippen LogP contribution in [-0.4, -0.2) is 30.2 Å². The lowest BCUT2D eigenvalue weighted by atomic mass is 10.2. The molecule has 3 rings (SSSR count). The SMILES string of the molecule is COc1ccc(OCCNc2cc(Nc3cccc(C)c3)ncn2)cc1. The zero-order valence-electron chi connectivity index (χ0n) is 14.9. The third kappa shape index (κ3) is 5.11. The molecule has 0 atom stereocenters. The Hall–Kier alpha value is -3.28. The van der Waals surface area contributed by atoms with Crippen LogP contribution in [-0.2, 0) is 0 Å². The van der Waals surface area contributed by atoms with Crippen molar-refractivity contribution in [1.82, 2.24) is 9.97 Å². The van der Waals surface area contributed by atoms with Crippen LogP contribution in [0.25, 0.3) is 0 Å². The summed E-state index contributed by atoms with van der Waals surface area (Å²) >= 11 is 0. The zero-order valence-corrected chi connectivity index (χ0v) is 14.9. The Morgan fingerprint density at radius 1 is 0.923 bits per heavy atom. The molecule has 0 radical (unpaired) electrons. The summed E-state index contributed by atoms with van der Waals surface area (Å²) < 4.78 is 10.8. The average molecular weight is 350 g/mol. The molecule has 0 unspecified atom stereocenters. The van der Waals surface area contributed by atoms with Gasteiger partial charge in [0, 0.05) is 11.8 Å². The number of rotatable bonds is 8. The van der Waals surface area contributed by atoms with Crippen molar-refractivity contribution in [3.05, 3.63) is 66.5 Å². The molecule has 1 aromatic heterocycles. The fourth-order valence-electron chi connectivity index (χ4n) is 2.41. The Kier molecular flexibility index (Phi) is 5.88. The van der Waals surface area contributed by atoms with Crippen LogP contribution in [0.4, 0.5) is 17.3 Å². The lowest BCUT2D eigenvalue weighted by Gasteiger charge is -2.10. The van der Waals surface area contributed by atoms with Crippen LogP contribution in [0.3, 0.4) is 0 Å². The van der Waals surface area contributed by atoms with Gasteiger partial charge in [-0.2, -0.15) is 0 Å². The predicted octanol–water partition coefficient (Wildman–Crippen LogP) is 4.03. The summed E-state index contributed by atoms with van der Waals surface area (Å²) in [7, 11) is 1.64. The van der Waals surface area contributed by atoms with Crippen LogP contribution in [0.5, 0.6) is 11.5 Å². The lowest BCUT2D eigenvalue weighted by molar-refractivity contribution is 0.331. The standard InChI is InChI=1S/C20H22N4O2/c1-15-4-3-5-16(12-15)24-20-13-19(22-14-23-20)21-10-11-26-18-8-6-17(25-2)7-9-18/h3-9,12-14H,10-11H2,1-2H3,(H2,21,22,23,24). The topological polar surface area (TPSA) is 68.3 Å². The summed E-state index contributed by atoms with van der Waals surface area (Å²) in [6.07, 6.45) is 1.53. The maximum atomic E-state index is 5.69. The second-order valence-electron chi connectivity index (χ2n) is 5.73. The third-order valence-electron chi connectivity index (χ3n) is 3.69. The summed E-state index contributed by atoms with van der Waals surface area (Å²) in [5, 5.41) is 6.51. The van der Waals surface area contributed by atoms with Crippen LogP contribution in [0.1, 0.15) is 5.56 Å². The highest BCUT2D eigenvalue weighted by Gasteiger charge is 2.01. The van der Waals surface area contributed by atoms with Gasteiger partial charge in [-0.15, -0.1) is 0 Å². The maximum absolute atomic E-state index is 5.69. The van der Waals surface area contributed by atoms with Gasteiger partial charge in [-0.25, -0.2) is 9.97 Å². The van der Waals surface area contributed by atoms with Crippen LogP contribution in [0.2, 0.25) is 0 Å². The van der Waals surface area contributed by atoms with Crippen molar-refractivity contribution in [1.29, 1.82) is 0 Å². The van der Waals surface area contributed by atoms with E-state index in [1.807, 2.05) is 42.5 Å². The number of anilines is 3. The van der Waals surface area contributed by atoms with E-state index in [1.54, 1.807) is 7.11 Å². The number of aryl methyl sites for hydroxylation is 1. The Bertz CT molecular complexity index is 837. The third-order valence-corrected chi connectivity index (χ3v) is 3.69. The number of aromatic nitrogens is 2. The minimum Gasteiger partial charge on any atom is -0.497 e. The van der Waals surface area contributed by atoms with Crippen LogP contribution in [0, 0.1) is 6.92 Å². The first kappa shape index (κ1) is 17.5. The molecule has 2 aromatic carbocycles. The normalized spacial score (nSPS) is 10.2. The van der Waals surface area contributed by atoms with Crippen molar-refractivity contribution in [3.63, 3.8) is 0 Å². The van der Waals surface area contributed by atoms with E-state index in [0.29, 0.717) is 13.2 Å². The molecule has 0 saturated carbocycles. The Morgan fingerprint density at radius 2 is 1.69 bits per heavy atom. The largest absolute Gasteiger partial charge is 0.497 e. The van der Waals surface area contributed by atoms with Gasteiger partial charge < -0.3 is 20.1 Å². The smallest absolute Gasteiger partial charge is 0.135 e. The summed E-state index contributed by atoms with van der Waals surface area (Å²) in [5.74, 6) is 3.10. The Balaban J connectivity index is 1.49. The molecular weight excluding hydrogens is 328 g/mol. The first-order valence-electron chi connectivity index (χ1n) is 8.39. The number of nitrogens with one attached hydrogen (secondary N) is 2. The van der Waals surface area contributed by atoms with E-state index in [0.717, 1.165) is 28.8 Å². The molecule has 0 spiro atoms. The Morgan fingerprint density at radius 3 is 2.46 bits per heavy atom. The van der Waals surface area contributed by atoms with E-state index in [-0.39, 0.29) is 0 Å². The van der Waals surface area contributed by atoms with Crippen molar-refractivity contribution in [2.75, 3.05) is 30.9 Å². The molecule has 0 fully saturated rings. The van der Waals surface area contributed by atoms with Crippen LogP contribution < -0.4 is 20.1 Å². The molecule has 3 aromatic rings. The molecule has 0 saturated heterocycles. The molecule has 0 amide bonds. The number of hydrogen-bond acceptors (Lipinski definition) is 6. The first-order chi connectivity index (χ1) is 12.7. The fraction of sp³-hybridized carbons (Fsp3) is 0.200. The summed E-state index contributed by atoms with van der Waals surface area (Å²) in [5.41, 5.74) is 2.19. The highest BCUT2D eigenvalue weighted by Crippen LogP contribution is 2.18. The highest BCUT2D eigenvalue weighted by atomic mass is 16.5. The molecule has 0 aliphatic rings. The minimum atomic E-state index is 0.525. The van der Waals surface area contributed by atoms with Gasteiger partial charge in [-0.1, -0.05) is 12.1 Å². The minimum absolute atomic E-state index is 0.525. The van der Waals surface area contributed by atoms with E-state index in [9.17, 15) is 0 Å². The van der Waals surface area contributed by atoms with Gasteiger partial charge in [0.25, 0.3) is 0 Å². The van der Waals surface area contributed by atoms with Crippen LogP contribution in [0.15, 0.2) is 60.9 Å². The number of nitrogens with zero attached hydrogens (tertiary/aromatic N) is 2. The van der Waals surface area contributed by atoms with E-state index in [1.165, 1.54) is 11.9 Å². The fourth-order valence-corrected chi connectivity index (χ4v) is 2.41. The van der Waals surface area contributed by atoms with Gasteiger partial charge >= 0.3 is 0 Å². The molecule has 0 aliphatic carbocycles. The van der Waals surface area contributed by atoms with Crippen molar-refractivity contribution in [3.8, 4) is 11.5 Å². The van der Waals surface area contributed by atoms with Gasteiger partial charge in [0.2, 0.25) is 0 Å². The molecule has 2 N–H and O–H groups in total. The van der Waals surface area contributed by atoms with Crippen LogP contribution >= 0.6 is 0 Å². The van der Waals surface area contributed by atoms with E-state index in [2.05, 4.69) is 39.7 Å². The van der Waals surface area contributed by atoms with E-state index in [4.69, 9.17) is 9.47 Å². The number of hydrogen-bond donors (Lipinski definition) is 2. The molecule has 0 aliphatic heterocycles. The predicted molar refractivity (Wildman–Crippen MR) is 103 cm³/mol. The second kappa shape index (κ2) is 8.71. The lowest BCUT2D eigenvalue weighted by Crippen LogP contribution is -2.12. The second-order valence-corrected chi connectivity index (χ2v) is 5.73. The molecule has 1 heterocycles. The monoisotopic (exact) mass is 350 g/mol. The van der Waals surface area contributed by atoms with Gasteiger partial charge in [-0.3, -0.25) is 0 Å². The van der Waals surface area contributed by atoms with Crippen molar-refractivity contribution < 1.29 is 9.47 Å². The molecule has 6 nitrogen and oxygen atoms in total. The van der Waals surface area contributed by atoms with E-state index < -0.39 is 0 Å². The van der Waals surface area contributed by atoms with Gasteiger partial charge in [-0.05, 0) is 48.9 Å². The average Bonchev–Trinajstić information content (AvgIpc) is 2.66. The number of benzene rings is 2. The van der Waals surface area contributed by atoms with Crippen molar-refractivity contribution in [2.45, 2.75) is 6.92 Å². The molecule has 6 heteroatoms. The van der Waals surface area contributed by atoms with Crippen molar-refractivity contribution in [2.24, 2.45) is 0 Å². The van der Waals surface area contributed by atoms with Gasteiger partial charge in [0.05, 0.1) is 13.7 Å². The molecular formula is C20H22N4O2. The first-order valence-corrected chi connectivity index (χ1v) is 8.39. The zero-order chi connectivity index (χ0) is 18.2. The molecule has 0 bridgehead atoms. The summed E-state index contributed by atoms with van der Waals surface area (Å²) in [6.45, 7) is 3.21. The Labute approximate surface area is 153 Å². The number of ether oxygens (including phenoxy) is 2. The van der Waals surface area contributed by atoms with Crippen molar-refractivity contribution >= 4 is 17.3 Å². The maximum Gasteiger partial charge on any atom is 0.135 e. The highest BCUT2D eigenvalue weighted by molar-refractivity contribution is 5.59. The molecule has 26 heavy (non-hydrogen) atoms. The number of methoxy groups -OCH3 is 1. The van der Waals surface area contributed by atoms with Gasteiger partial charge in [0.15, 0.2) is 0 Å².